The standard InChI is InChI=1S/C13H22N4O/c1-3-7-15-13(14)17-10-11-5-6-12(16-9-11)18-8-4-2/h5-6,9H,3-4,7-8,10H2,1-2H3,(H3,14,15,17). The molecule has 0 bridgehead atoms. The van der Waals surface area contributed by atoms with Crippen molar-refractivity contribution in [3.05, 3.63) is 23.9 Å². The molecule has 0 spiro atoms. The van der Waals surface area contributed by atoms with E-state index < -0.39 is 0 Å². The maximum Gasteiger partial charge on any atom is 0.213 e. The van der Waals surface area contributed by atoms with Gasteiger partial charge < -0.3 is 15.8 Å². The van der Waals surface area contributed by atoms with Gasteiger partial charge in [0.2, 0.25) is 5.88 Å². The fourth-order valence-electron chi connectivity index (χ4n) is 1.28. The van der Waals surface area contributed by atoms with Crippen LogP contribution in [-0.4, -0.2) is 24.1 Å². The summed E-state index contributed by atoms with van der Waals surface area (Å²) in [7, 11) is 0. The molecule has 0 aliphatic carbocycles. The van der Waals surface area contributed by atoms with Crippen LogP contribution in [0.25, 0.3) is 0 Å². The summed E-state index contributed by atoms with van der Waals surface area (Å²) in [6.45, 7) is 6.22. The smallest absolute Gasteiger partial charge is 0.213 e. The predicted octanol–water partition coefficient (Wildman–Crippen LogP) is 1.68. The van der Waals surface area contributed by atoms with Crippen molar-refractivity contribution < 1.29 is 4.74 Å². The molecule has 0 amide bonds. The fourth-order valence-corrected chi connectivity index (χ4v) is 1.28. The summed E-state index contributed by atoms with van der Waals surface area (Å²) in [5.74, 6) is 1.13. The van der Waals surface area contributed by atoms with E-state index in [1.54, 1.807) is 6.20 Å². The number of rotatable bonds is 7. The molecule has 0 saturated heterocycles. The van der Waals surface area contributed by atoms with E-state index in [-0.39, 0.29) is 0 Å². The van der Waals surface area contributed by atoms with Crippen molar-refractivity contribution in [3.8, 4) is 5.88 Å². The minimum Gasteiger partial charge on any atom is -0.478 e. The van der Waals surface area contributed by atoms with Gasteiger partial charge in [0, 0.05) is 18.8 Å². The number of nitrogens with two attached hydrogens (primary N) is 1. The Morgan fingerprint density at radius 3 is 2.83 bits per heavy atom. The first-order chi connectivity index (χ1) is 8.76. The molecular weight excluding hydrogens is 228 g/mol. The molecule has 3 N–H and O–H groups in total. The molecule has 1 aromatic heterocycles. The second-order valence-electron chi connectivity index (χ2n) is 3.98. The van der Waals surface area contributed by atoms with Gasteiger partial charge in [0.25, 0.3) is 0 Å². The lowest BCUT2D eigenvalue weighted by molar-refractivity contribution is 0.305. The number of hydrogen-bond donors (Lipinski definition) is 2. The van der Waals surface area contributed by atoms with E-state index in [1.807, 2.05) is 12.1 Å². The fraction of sp³-hybridized carbons (Fsp3) is 0.538. The van der Waals surface area contributed by atoms with Crippen molar-refractivity contribution >= 4 is 5.96 Å². The number of hydrogen-bond acceptors (Lipinski definition) is 3. The van der Waals surface area contributed by atoms with Gasteiger partial charge in [-0.15, -0.1) is 0 Å². The number of nitrogens with one attached hydrogen (secondary N) is 1. The summed E-state index contributed by atoms with van der Waals surface area (Å²) in [6.07, 6.45) is 3.77. The van der Waals surface area contributed by atoms with Crippen molar-refractivity contribution in [2.45, 2.75) is 33.2 Å². The number of aromatic nitrogens is 1. The highest BCUT2D eigenvalue weighted by Crippen LogP contribution is 2.08. The Labute approximate surface area is 108 Å². The molecular formula is C13H22N4O. The van der Waals surface area contributed by atoms with Crippen molar-refractivity contribution in [2.24, 2.45) is 10.7 Å². The topological polar surface area (TPSA) is 72.5 Å². The maximum atomic E-state index is 5.70. The summed E-state index contributed by atoms with van der Waals surface area (Å²) in [4.78, 5) is 8.43. The van der Waals surface area contributed by atoms with E-state index in [0.717, 1.165) is 24.9 Å². The van der Waals surface area contributed by atoms with E-state index in [0.29, 0.717) is 25.0 Å². The lowest BCUT2D eigenvalue weighted by atomic mass is 10.3. The van der Waals surface area contributed by atoms with Gasteiger partial charge in [-0.25, -0.2) is 9.98 Å². The van der Waals surface area contributed by atoms with Crippen molar-refractivity contribution in [1.29, 1.82) is 0 Å². The molecule has 0 aliphatic heterocycles. The van der Waals surface area contributed by atoms with Gasteiger partial charge in [-0.05, 0) is 18.4 Å². The molecule has 5 nitrogen and oxygen atoms in total. The van der Waals surface area contributed by atoms with Crippen LogP contribution < -0.4 is 15.8 Å². The number of ether oxygens (including phenoxy) is 1. The van der Waals surface area contributed by atoms with Crippen LogP contribution in [0.2, 0.25) is 0 Å². The van der Waals surface area contributed by atoms with Crippen LogP contribution in [0, 0.1) is 0 Å². The zero-order valence-corrected chi connectivity index (χ0v) is 11.1. The first-order valence-electron chi connectivity index (χ1n) is 6.37. The summed E-state index contributed by atoms with van der Waals surface area (Å²) in [6, 6.07) is 3.81. The Bertz CT molecular complexity index is 362. The molecule has 0 radical (unpaired) electrons. The van der Waals surface area contributed by atoms with E-state index in [9.17, 15) is 0 Å². The summed E-state index contributed by atoms with van der Waals surface area (Å²) in [5, 5.41) is 3.02. The van der Waals surface area contributed by atoms with E-state index in [4.69, 9.17) is 10.5 Å². The van der Waals surface area contributed by atoms with Crippen LogP contribution in [0.3, 0.4) is 0 Å². The van der Waals surface area contributed by atoms with E-state index in [1.165, 1.54) is 0 Å². The van der Waals surface area contributed by atoms with Gasteiger partial charge in [0.05, 0.1) is 13.2 Å². The van der Waals surface area contributed by atoms with Crippen LogP contribution in [0.4, 0.5) is 0 Å². The summed E-state index contributed by atoms with van der Waals surface area (Å²) >= 11 is 0. The molecule has 0 unspecified atom stereocenters. The van der Waals surface area contributed by atoms with Crippen molar-refractivity contribution in [3.63, 3.8) is 0 Å². The van der Waals surface area contributed by atoms with Crippen LogP contribution >= 0.6 is 0 Å². The monoisotopic (exact) mass is 250 g/mol. The largest absolute Gasteiger partial charge is 0.478 e. The molecule has 100 valence electrons. The average Bonchev–Trinajstić information content (AvgIpc) is 2.41. The molecule has 0 atom stereocenters. The van der Waals surface area contributed by atoms with Gasteiger partial charge in [-0.1, -0.05) is 19.9 Å². The molecule has 0 saturated carbocycles. The Morgan fingerprint density at radius 2 is 2.22 bits per heavy atom. The lowest BCUT2D eigenvalue weighted by Crippen LogP contribution is -2.32. The zero-order valence-electron chi connectivity index (χ0n) is 11.1. The van der Waals surface area contributed by atoms with Gasteiger partial charge in [-0.2, -0.15) is 0 Å². The maximum absolute atomic E-state index is 5.70. The summed E-state index contributed by atoms with van der Waals surface area (Å²) in [5.41, 5.74) is 6.71. The zero-order chi connectivity index (χ0) is 13.2. The molecule has 5 heteroatoms. The van der Waals surface area contributed by atoms with Crippen LogP contribution in [0.15, 0.2) is 23.3 Å². The van der Waals surface area contributed by atoms with Crippen LogP contribution in [0.1, 0.15) is 32.3 Å². The van der Waals surface area contributed by atoms with Gasteiger partial charge in [0.15, 0.2) is 5.96 Å². The molecule has 0 aromatic carbocycles. The Hall–Kier alpha value is -1.78. The molecule has 1 heterocycles. The third kappa shape index (κ3) is 5.52. The first-order valence-corrected chi connectivity index (χ1v) is 6.37. The van der Waals surface area contributed by atoms with Gasteiger partial charge in [0.1, 0.15) is 0 Å². The van der Waals surface area contributed by atoms with Crippen LogP contribution in [0.5, 0.6) is 5.88 Å². The second-order valence-corrected chi connectivity index (χ2v) is 3.98. The molecule has 0 aliphatic rings. The van der Waals surface area contributed by atoms with E-state index >= 15 is 0 Å². The number of pyridine rings is 1. The Kier molecular flexibility index (Phi) is 6.61. The molecule has 0 fully saturated rings. The number of nitrogens with zero attached hydrogens (tertiary/aromatic N) is 2. The predicted molar refractivity (Wildman–Crippen MR) is 73.6 cm³/mol. The molecule has 18 heavy (non-hydrogen) atoms. The first kappa shape index (κ1) is 14.3. The highest BCUT2D eigenvalue weighted by Gasteiger charge is 1.96. The number of aliphatic imine (C=N–C) groups is 1. The second kappa shape index (κ2) is 8.33. The minimum absolute atomic E-state index is 0.475. The average molecular weight is 250 g/mol. The molecule has 1 aromatic rings. The van der Waals surface area contributed by atoms with Gasteiger partial charge >= 0.3 is 0 Å². The number of guanidine groups is 1. The highest BCUT2D eigenvalue weighted by atomic mass is 16.5. The normalized spacial score (nSPS) is 11.3. The van der Waals surface area contributed by atoms with E-state index in [2.05, 4.69) is 29.1 Å². The lowest BCUT2D eigenvalue weighted by Gasteiger charge is -2.05. The Morgan fingerprint density at radius 1 is 1.39 bits per heavy atom. The third-order valence-electron chi connectivity index (χ3n) is 2.24. The highest BCUT2D eigenvalue weighted by molar-refractivity contribution is 5.77. The minimum atomic E-state index is 0.475. The SMILES string of the molecule is CCCNC(N)=NCc1ccc(OCCC)nc1. The van der Waals surface area contributed by atoms with Crippen molar-refractivity contribution in [2.75, 3.05) is 13.2 Å². The molecule has 1 rings (SSSR count). The van der Waals surface area contributed by atoms with Crippen LogP contribution in [-0.2, 0) is 6.54 Å². The third-order valence-corrected chi connectivity index (χ3v) is 2.24. The van der Waals surface area contributed by atoms with Gasteiger partial charge in [-0.3, -0.25) is 0 Å². The quantitative estimate of drug-likeness (QED) is 0.570. The Balaban J connectivity index is 2.43. The van der Waals surface area contributed by atoms with Crippen molar-refractivity contribution in [1.82, 2.24) is 10.3 Å². The summed E-state index contributed by atoms with van der Waals surface area (Å²) < 4.78 is 5.40.